The summed E-state index contributed by atoms with van der Waals surface area (Å²) in [5.41, 5.74) is 7.46. The molecule has 2 unspecified atom stereocenters. The monoisotopic (exact) mass is 366 g/mol. The van der Waals surface area contributed by atoms with E-state index >= 15 is 0 Å². The molecule has 0 aliphatic heterocycles. The number of nitrogens with zero attached hydrogens (tertiary/aromatic N) is 1. The van der Waals surface area contributed by atoms with Crippen LogP contribution in [0.2, 0.25) is 5.15 Å². The van der Waals surface area contributed by atoms with Gasteiger partial charge in [0.2, 0.25) is 0 Å². The largest absolute Gasteiger partial charge is 0.505 e. The Balaban J connectivity index is 2.39. The zero-order valence-corrected chi connectivity index (χ0v) is 12.8. The lowest BCUT2D eigenvalue weighted by Gasteiger charge is -2.27. The van der Waals surface area contributed by atoms with Crippen LogP contribution in [0.3, 0.4) is 0 Å². The molecule has 1 aliphatic rings. The van der Waals surface area contributed by atoms with E-state index in [1.165, 1.54) is 0 Å². The first-order valence-electron chi connectivity index (χ1n) is 5.63. The van der Waals surface area contributed by atoms with E-state index in [1.54, 1.807) is 6.07 Å². The number of hydrogen-bond donors (Lipinski definition) is 2. The first-order valence-corrected chi connectivity index (χ1v) is 7.09. The van der Waals surface area contributed by atoms with Crippen LogP contribution >= 0.6 is 34.2 Å². The van der Waals surface area contributed by atoms with Gasteiger partial charge in [-0.3, -0.25) is 0 Å². The fraction of sp³-hybridized carbons (Fsp3) is 0.583. The molecule has 94 valence electrons. The second kappa shape index (κ2) is 4.55. The summed E-state index contributed by atoms with van der Waals surface area (Å²) in [6.45, 7) is 4.38. The zero-order chi connectivity index (χ0) is 12.8. The smallest absolute Gasteiger partial charge is 0.171 e. The summed E-state index contributed by atoms with van der Waals surface area (Å²) in [6, 6.07) is 1.81. The molecule has 1 aromatic heterocycles. The van der Waals surface area contributed by atoms with Crippen LogP contribution in [0.1, 0.15) is 38.2 Å². The number of aromatic nitrogens is 1. The van der Waals surface area contributed by atoms with Gasteiger partial charge in [0.25, 0.3) is 0 Å². The summed E-state index contributed by atoms with van der Waals surface area (Å²) >= 11 is 7.94. The van der Waals surface area contributed by atoms with Gasteiger partial charge in [-0.2, -0.15) is 0 Å². The molecule has 3 N–H and O–H groups in total. The third-order valence-electron chi connectivity index (χ3n) is 3.77. The third-order valence-corrected chi connectivity index (χ3v) is 4.92. The van der Waals surface area contributed by atoms with Gasteiger partial charge < -0.3 is 10.8 Å². The highest BCUT2D eigenvalue weighted by molar-refractivity contribution is 14.1. The van der Waals surface area contributed by atoms with Crippen molar-refractivity contribution in [2.45, 2.75) is 38.6 Å². The van der Waals surface area contributed by atoms with Crippen molar-refractivity contribution in [3.63, 3.8) is 0 Å². The molecule has 0 radical (unpaired) electrons. The molecule has 0 saturated heterocycles. The van der Waals surface area contributed by atoms with E-state index in [1.807, 2.05) is 0 Å². The van der Waals surface area contributed by atoms with E-state index in [4.69, 9.17) is 17.3 Å². The molecule has 5 heteroatoms. The minimum Gasteiger partial charge on any atom is -0.505 e. The SMILES string of the molecule is CC1(C)CCC(c2cc(O)c(Cl)nc2I)C1N. The maximum Gasteiger partial charge on any atom is 0.171 e. The minimum atomic E-state index is 0.0407. The number of hydrogen-bond acceptors (Lipinski definition) is 3. The Morgan fingerprint density at radius 2 is 2.24 bits per heavy atom. The van der Waals surface area contributed by atoms with Gasteiger partial charge in [0, 0.05) is 12.0 Å². The predicted molar refractivity (Wildman–Crippen MR) is 77.4 cm³/mol. The summed E-state index contributed by atoms with van der Waals surface area (Å²) in [4.78, 5) is 4.15. The molecule has 0 bridgehead atoms. The molecule has 0 aromatic carbocycles. The Bertz CT molecular complexity index is 450. The first kappa shape index (κ1) is 13.4. The molecular formula is C12H16ClIN2O. The van der Waals surface area contributed by atoms with E-state index in [9.17, 15) is 5.11 Å². The Morgan fingerprint density at radius 3 is 2.76 bits per heavy atom. The fourth-order valence-corrected chi connectivity index (χ4v) is 3.58. The van der Waals surface area contributed by atoms with Gasteiger partial charge in [0.05, 0.1) is 0 Å². The van der Waals surface area contributed by atoms with Gasteiger partial charge in [-0.15, -0.1) is 0 Å². The lowest BCUT2D eigenvalue weighted by molar-refractivity contribution is 0.322. The highest BCUT2D eigenvalue weighted by Crippen LogP contribution is 2.46. The van der Waals surface area contributed by atoms with Crippen LogP contribution in [-0.2, 0) is 0 Å². The standard InChI is InChI=1S/C12H16ClIN2O/c1-12(2)4-3-6(9(12)15)7-5-8(17)10(13)16-11(7)14/h5-6,9,17H,3-4,15H2,1-2H3. The average Bonchev–Trinajstić information content (AvgIpc) is 2.49. The number of rotatable bonds is 1. The summed E-state index contributed by atoms with van der Waals surface area (Å²) in [6.07, 6.45) is 2.13. The fourth-order valence-electron chi connectivity index (χ4n) is 2.50. The molecule has 1 saturated carbocycles. The highest BCUT2D eigenvalue weighted by Gasteiger charge is 2.41. The van der Waals surface area contributed by atoms with Crippen molar-refractivity contribution in [2.24, 2.45) is 11.1 Å². The van der Waals surface area contributed by atoms with E-state index in [0.717, 1.165) is 22.1 Å². The van der Waals surface area contributed by atoms with Crippen molar-refractivity contribution in [2.75, 3.05) is 0 Å². The van der Waals surface area contributed by atoms with Gasteiger partial charge in [-0.25, -0.2) is 4.98 Å². The summed E-state index contributed by atoms with van der Waals surface area (Å²) in [5.74, 6) is 0.298. The molecule has 17 heavy (non-hydrogen) atoms. The molecular weight excluding hydrogens is 351 g/mol. The zero-order valence-electron chi connectivity index (χ0n) is 9.87. The predicted octanol–water partition coefficient (Wildman–Crippen LogP) is 3.28. The van der Waals surface area contributed by atoms with Crippen LogP contribution in [-0.4, -0.2) is 16.1 Å². The van der Waals surface area contributed by atoms with Crippen molar-refractivity contribution in [1.29, 1.82) is 0 Å². The maximum absolute atomic E-state index is 9.66. The molecule has 1 aliphatic carbocycles. The molecule has 1 aromatic rings. The quantitative estimate of drug-likeness (QED) is 0.592. The number of halogens is 2. The Labute approximate surface area is 120 Å². The van der Waals surface area contributed by atoms with Crippen LogP contribution in [0.5, 0.6) is 5.75 Å². The molecule has 1 heterocycles. The van der Waals surface area contributed by atoms with E-state index in [2.05, 4.69) is 41.4 Å². The van der Waals surface area contributed by atoms with Gasteiger partial charge in [0.15, 0.2) is 10.9 Å². The topological polar surface area (TPSA) is 59.1 Å². The van der Waals surface area contributed by atoms with Crippen molar-refractivity contribution in [1.82, 2.24) is 4.98 Å². The normalized spacial score (nSPS) is 27.4. The Kier molecular flexibility index (Phi) is 3.58. The number of aromatic hydroxyl groups is 1. The summed E-state index contributed by atoms with van der Waals surface area (Å²) in [7, 11) is 0. The molecule has 0 spiro atoms. The second-order valence-corrected chi connectivity index (χ2v) is 6.72. The van der Waals surface area contributed by atoms with Gasteiger partial charge in [-0.05, 0) is 52.5 Å². The molecule has 1 fully saturated rings. The van der Waals surface area contributed by atoms with E-state index in [0.29, 0.717) is 0 Å². The molecule has 2 rings (SSSR count). The lowest BCUT2D eigenvalue weighted by Crippen LogP contribution is -2.36. The van der Waals surface area contributed by atoms with Crippen molar-refractivity contribution in [3.8, 4) is 5.75 Å². The van der Waals surface area contributed by atoms with Crippen LogP contribution in [0.4, 0.5) is 0 Å². The number of pyridine rings is 1. The first-order chi connectivity index (χ1) is 7.83. The van der Waals surface area contributed by atoms with Crippen LogP contribution in [0, 0.1) is 9.12 Å². The van der Waals surface area contributed by atoms with E-state index < -0.39 is 0 Å². The van der Waals surface area contributed by atoms with Gasteiger partial charge in [-0.1, -0.05) is 25.4 Å². The third kappa shape index (κ3) is 2.39. The summed E-state index contributed by atoms with van der Waals surface area (Å²) < 4.78 is 0.837. The minimum absolute atomic E-state index is 0.0407. The van der Waals surface area contributed by atoms with Crippen LogP contribution < -0.4 is 5.73 Å². The van der Waals surface area contributed by atoms with Gasteiger partial charge in [0.1, 0.15) is 3.70 Å². The van der Waals surface area contributed by atoms with Gasteiger partial charge >= 0.3 is 0 Å². The summed E-state index contributed by atoms with van der Waals surface area (Å²) in [5, 5.41) is 9.82. The Hall–Kier alpha value is -0.0700. The van der Waals surface area contributed by atoms with Crippen LogP contribution in [0.25, 0.3) is 0 Å². The van der Waals surface area contributed by atoms with Crippen molar-refractivity contribution >= 4 is 34.2 Å². The molecule has 3 nitrogen and oxygen atoms in total. The average molecular weight is 367 g/mol. The molecule has 0 amide bonds. The van der Waals surface area contributed by atoms with Crippen molar-refractivity contribution in [3.05, 3.63) is 20.5 Å². The van der Waals surface area contributed by atoms with Crippen LogP contribution in [0.15, 0.2) is 6.07 Å². The number of nitrogens with two attached hydrogens (primary N) is 1. The second-order valence-electron chi connectivity index (χ2n) is 5.34. The maximum atomic E-state index is 9.66. The highest BCUT2D eigenvalue weighted by atomic mass is 127. The van der Waals surface area contributed by atoms with Crippen molar-refractivity contribution < 1.29 is 5.11 Å². The van der Waals surface area contributed by atoms with E-state index in [-0.39, 0.29) is 28.3 Å². The lowest BCUT2D eigenvalue weighted by atomic mass is 9.84. The Morgan fingerprint density at radius 1 is 1.59 bits per heavy atom. The molecule has 2 atom stereocenters.